The van der Waals surface area contributed by atoms with Gasteiger partial charge in [-0.05, 0) is 24.3 Å². The summed E-state index contributed by atoms with van der Waals surface area (Å²) in [5, 5.41) is 0. The predicted octanol–water partition coefficient (Wildman–Crippen LogP) is 2.93. The normalized spacial score (nSPS) is 13.2. The lowest BCUT2D eigenvalue weighted by molar-refractivity contribution is 0.325. The minimum absolute atomic E-state index is 0.638. The van der Waals surface area contributed by atoms with Gasteiger partial charge in [0.05, 0.1) is 6.61 Å². The van der Waals surface area contributed by atoms with E-state index in [4.69, 9.17) is 22.7 Å². The van der Waals surface area contributed by atoms with E-state index in [0.717, 1.165) is 39.3 Å². The molecule has 0 amide bonds. The topological polar surface area (TPSA) is 51.0 Å². The summed E-state index contributed by atoms with van der Waals surface area (Å²) in [5.74, 6) is 0.842. The first kappa shape index (κ1) is 10.4. The number of aromatic nitrogens is 1. The number of benzene rings is 1. The molecule has 2 aromatic rings. The average molecular weight is 244 g/mol. The Kier molecular flexibility index (Phi) is 2.37. The fourth-order valence-electron chi connectivity index (χ4n) is 2.11. The molecule has 0 bridgehead atoms. The lowest BCUT2D eigenvalue weighted by Gasteiger charge is -2.08. The van der Waals surface area contributed by atoms with E-state index in [1.807, 2.05) is 30.3 Å². The van der Waals surface area contributed by atoms with Gasteiger partial charge in [-0.2, -0.15) is 0 Å². The summed E-state index contributed by atoms with van der Waals surface area (Å²) in [4.78, 5) is 3.23. The van der Waals surface area contributed by atoms with Gasteiger partial charge >= 0.3 is 0 Å². The Labute approximate surface area is 104 Å². The van der Waals surface area contributed by atoms with Crippen LogP contribution in [0.2, 0.25) is 0 Å². The Morgan fingerprint density at radius 2 is 2.00 bits per heavy atom. The summed E-state index contributed by atoms with van der Waals surface area (Å²) < 4.78 is 6.47. The highest BCUT2D eigenvalue weighted by Gasteiger charge is 2.15. The van der Waals surface area contributed by atoms with Gasteiger partial charge in [0.15, 0.2) is 0 Å². The van der Waals surface area contributed by atoms with Crippen LogP contribution in [0.4, 0.5) is 5.69 Å². The van der Waals surface area contributed by atoms with Crippen LogP contribution in [0.25, 0.3) is 11.1 Å². The fraction of sp³-hybridized carbons (Fsp3) is 0.154. The third-order valence-electron chi connectivity index (χ3n) is 2.91. The second-order valence-electron chi connectivity index (χ2n) is 4.07. The van der Waals surface area contributed by atoms with Crippen molar-refractivity contribution in [2.75, 3.05) is 12.3 Å². The summed E-state index contributed by atoms with van der Waals surface area (Å²) >= 11 is 5.14. The van der Waals surface area contributed by atoms with Crippen LogP contribution in [0.3, 0.4) is 0 Å². The first-order chi connectivity index (χ1) is 8.24. The van der Waals surface area contributed by atoms with Gasteiger partial charge in [0.1, 0.15) is 10.4 Å². The molecule has 1 aliphatic heterocycles. The molecule has 4 heteroatoms. The molecule has 3 rings (SSSR count). The Balaban J connectivity index is 2.27. The number of fused-ring (bicyclic) bond motifs is 3. The number of nitrogens with two attached hydrogens (primary N) is 1. The van der Waals surface area contributed by atoms with Crippen molar-refractivity contribution in [2.24, 2.45) is 0 Å². The Morgan fingerprint density at radius 1 is 1.18 bits per heavy atom. The molecule has 1 aromatic heterocycles. The van der Waals surface area contributed by atoms with E-state index < -0.39 is 0 Å². The quantitative estimate of drug-likeness (QED) is 0.553. The molecule has 86 valence electrons. The van der Waals surface area contributed by atoms with Gasteiger partial charge in [-0.3, -0.25) is 0 Å². The zero-order valence-electron chi connectivity index (χ0n) is 9.19. The van der Waals surface area contributed by atoms with E-state index >= 15 is 0 Å². The van der Waals surface area contributed by atoms with Gasteiger partial charge in [-0.15, -0.1) is 0 Å². The first-order valence-corrected chi connectivity index (χ1v) is 5.90. The Hall–Kier alpha value is -1.81. The number of rotatable bonds is 0. The van der Waals surface area contributed by atoms with E-state index in [1.165, 1.54) is 0 Å². The van der Waals surface area contributed by atoms with Gasteiger partial charge in [0.2, 0.25) is 0 Å². The summed E-state index contributed by atoms with van der Waals surface area (Å²) in [6, 6.07) is 9.69. The molecule has 2 heterocycles. The maximum Gasteiger partial charge on any atom is 0.129 e. The molecule has 0 aliphatic carbocycles. The van der Waals surface area contributed by atoms with Crippen molar-refractivity contribution < 1.29 is 4.74 Å². The molecule has 0 unspecified atom stereocenters. The smallest absolute Gasteiger partial charge is 0.129 e. The number of hydrogen-bond donors (Lipinski definition) is 2. The van der Waals surface area contributed by atoms with Gasteiger partial charge < -0.3 is 15.5 Å². The molecule has 1 aliphatic rings. The largest absolute Gasteiger partial charge is 0.492 e. The molecule has 0 radical (unpaired) electrons. The third kappa shape index (κ3) is 1.80. The van der Waals surface area contributed by atoms with Crippen molar-refractivity contribution >= 4 is 17.9 Å². The highest BCUT2D eigenvalue weighted by Crippen LogP contribution is 2.35. The number of H-pyrrole nitrogens is 1. The summed E-state index contributed by atoms with van der Waals surface area (Å²) in [6.07, 6.45) is 0.828. The lowest BCUT2D eigenvalue weighted by atomic mass is 10.0. The molecule has 3 nitrogen and oxygen atoms in total. The third-order valence-corrected chi connectivity index (χ3v) is 3.14. The highest BCUT2D eigenvalue weighted by molar-refractivity contribution is 7.71. The van der Waals surface area contributed by atoms with Crippen LogP contribution in [-0.2, 0) is 6.42 Å². The minimum Gasteiger partial charge on any atom is -0.492 e. The summed E-state index contributed by atoms with van der Waals surface area (Å²) in [6.45, 7) is 0.638. The SMILES string of the molecule is Nc1ccc2c(c1)OCCc1[nH]c(=S)ccc1-2. The van der Waals surface area contributed by atoms with Crippen LogP contribution in [0, 0.1) is 4.64 Å². The van der Waals surface area contributed by atoms with E-state index in [-0.39, 0.29) is 0 Å². The minimum atomic E-state index is 0.638. The van der Waals surface area contributed by atoms with Gasteiger partial charge in [0, 0.05) is 35.0 Å². The van der Waals surface area contributed by atoms with Crippen LogP contribution in [-0.4, -0.2) is 11.6 Å². The standard InChI is InChI=1S/C13H12N2OS/c14-8-1-2-10-9-3-4-13(17)15-11(9)5-6-16-12(10)7-8/h1-4,7H,5-6,14H2,(H,15,17). The summed E-state index contributed by atoms with van der Waals surface area (Å²) in [7, 11) is 0. The van der Waals surface area contributed by atoms with Crippen molar-refractivity contribution in [1.29, 1.82) is 0 Å². The summed E-state index contributed by atoms with van der Waals surface area (Å²) in [5.41, 5.74) is 9.83. The Morgan fingerprint density at radius 3 is 2.88 bits per heavy atom. The molecule has 0 saturated carbocycles. The first-order valence-electron chi connectivity index (χ1n) is 5.49. The number of anilines is 1. The van der Waals surface area contributed by atoms with E-state index in [9.17, 15) is 0 Å². The van der Waals surface area contributed by atoms with E-state index in [1.54, 1.807) is 0 Å². The van der Waals surface area contributed by atoms with Gasteiger partial charge in [0.25, 0.3) is 0 Å². The fourth-order valence-corrected chi connectivity index (χ4v) is 2.30. The van der Waals surface area contributed by atoms with Crippen LogP contribution in [0.1, 0.15) is 5.69 Å². The van der Waals surface area contributed by atoms with Crippen LogP contribution in [0.15, 0.2) is 30.3 Å². The second-order valence-corrected chi connectivity index (χ2v) is 4.51. The average Bonchev–Trinajstić information content (AvgIpc) is 2.47. The van der Waals surface area contributed by atoms with Crippen molar-refractivity contribution in [1.82, 2.24) is 4.98 Å². The zero-order chi connectivity index (χ0) is 11.8. The molecular weight excluding hydrogens is 232 g/mol. The van der Waals surface area contributed by atoms with Crippen molar-refractivity contribution in [3.8, 4) is 16.9 Å². The van der Waals surface area contributed by atoms with Crippen LogP contribution < -0.4 is 10.5 Å². The zero-order valence-corrected chi connectivity index (χ0v) is 10.0. The number of pyridine rings is 1. The molecule has 0 fully saturated rings. The van der Waals surface area contributed by atoms with Crippen molar-refractivity contribution in [2.45, 2.75) is 6.42 Å². The highest BCUT2D eigenvalue weighted by atomic mass is 32.1. The van der Waals surface area contributed by atoms with Crippen LogP contribution >= 0.6 is 12.2 Å². The number of nitrogen functional groups attached to an aromatic ring is 1. The van der Waals surface area contributed by atoms with Crippen molar-refractivity contribution in [3.63, 3.8) is 0 Å². The molecule has 17 heavy (non-hydrogen) atoms. The number of aromatic amines is 1. The molecule has 1 aromatic carbocycles. The molecule has 0 atom stereocenters. The molecular formula is C13H12N2OS. The van der Waals surface area contributed by atoms with Crippen molar-refractivity contribution in [3.05, 3.63) is 40.7 Å². The van der Waals surface area contributed by atoms with Gasteiger partial charge in [-0.1, -0.05) is 12.2 Å². The molecule has 0 spiro atoms. The maximum absolute atomic E-state index is 5.77. The monoisotopic (exact) mass is 244 g/mol. The maximum atomic E-state index is 5.77. The lowest BCUT2D eigenvalue weighted by Crippen LogP contribution is -2.00. The van der Waals surface area contributed by atoms with E-state index in [0.29, 0.717) is 6.61 Å². The number of nitrogens with one attached hydrogen (secondary N) is 1. The van der Waals surface area contributed by atoms with Crippen LogP contribution in [0.5, 0.6) is 5.75 Å². The van der Waals surface area contributed by atoms with Gasteiger partial charge in [-0.25, -0.2) is 0 Å². The molecule has 3 N–H and O–H groups in total. The molecule has 0 saturated heterocycles. The predicted molar refractivity (Wildman–Crippen MR) is 70.7 cm³/mol. The number of ether oxygens (including phenoxy) is 1. The van der Waals surface area contributed by atoms with E-state index in [2.05, 4.69) is 4.98 Å². The second kappa shape index (κ2) is 3.89. The Bertz CT molecular complexity index is 634. The number of hydrogen-bond acceptors (Lipinski definition) is 3.